The van der Waals surface area contributed by atoms with E-state index in [0.29, 0.717) is 17.3 Å². The smallest absolute Gasteiger partial charge is 0.255 e. The monoisotopic (exact) mass is 479 g/mol. The molecule has 6 nitrogen and oxygen atoms in total. The third kappa shape index (κ3) is 4.06. The molecule has 0 bridgehead atoms. The highest BCUT2D eigenvalue weighted by Crippen LogP contribution is 2.48. The fraction of sp³-hybridized carbons (Fsp3) is 0.300. The topological polar surface area (TPSA) is 77.2 Å². The lowest BCUT2D eigenvalue weighted by Crippen LogP contribution is -2.30. The first-order valence-corrected chi connectivity index (χ1v) is 12.6. The highest BCUT2D eigenvalue weighted by molar-refractivity contribution is 6.04. The van der Waals surface area contributed by atoms with Crippen molar-refractivity contribution in [3.05, 3.63) is 83.2 Å². The summed E-state index contributed by atoms with van der Waals surface area (Å²) in [6, 6.07) is 19.9. The van der Waals surface area contributed by atoms with Crippen LogP contribution in [-0.4, -0.2) is 22.7 Å². The third-order valence-corrected chi connectivity index (χ3v) is 7.59. The highest BCUT2D eigenvalue weighted by atomic mass is 16.5. The van der Waals surface area contributed by atoms with Gasteiger partial charge in [-0.15, -0.1) is 0 Å². The summed E-state index contributed by atoms with van der Waals surface area (Å²) in [4.78, 5) is 17.3. The van der Waals surface area contributed by atoms with Crippen LogP contribution in [-0.2, 0) is 5.41 Å². The minimum absolute atomic E-state index is 0.113. The van der Waals surface area contributed by atoms with Crippen LogP contribution in [0, 0.1) is 13.8 Å². The maximum Gasteiger partial charge on any atom is 0.255 e. The molecule has 1 aliphatic heterocycles. The first-order chi connectivity index (χ1) is 17.5. The number of carbonyl (C=O) groups excluding carboxylic acids is 1. The first-order valence-electron chi connectivity index (χ1n) is 12.6. The maximum absolute atomic E-state index is 13.0. The summed E-state index contributed by atoms with van der Waals surface area (Å²) >= 11 is 0. The van der Waals surface area contributed by atoms with Gasteiger partial charge in [0.25, 0.3) is 5.91 Å². The number of carbonyl (C=O) groups is 1. The zero-order valence-corrected chi connectivity index (χ0v) is 20.6. The molecule has 1 spiro atoms. The number of benzene rings is 3. The summed E-state index contributed by atoms with van der Waals surface area (Å²) in [6.45, 7) is 4.60. The molecule has 1 aliphatic carbocycles. The summed E-state index contributed by atoms with van der Waals surface area (Å²) < 4.78 is 11.1. The van der Waals surface area contributed by atoms with Crippen molar-refractivity contribution in [1.29, 1.82) is 0 Å². The van der Waals surface area contributed by atoms with Crippen LogP contribution in [0.2, 0.25) is 0 Å². The molecule has 2 aliphatic rings. The fourth-order valence-electron chi connectivity index (χ4n) is 5.63. The van der Waals surface area contributed by atoms with Gasteiger partial charge < -0.3 is 14.6 Å². The van der Waals surface area contributed by atoms with Crippen molar-refractivity contribution in [2.45, 2.75) is 51.4 Å². The SMILES string of the molecule is Cc1nc(-c2ccc(-c3ccc(C(=O)Nc4ccc5c(c4)C4(CCCCC4)CO5)cc3)c(C)c2)no1. The zero-order valence-electron chi connectivity index (χ0n) is 20.6. The third-order valence-electron chi connectivity index (χ3n) is 7.59. The molecular weight excluding hydrogens is 450 g/mol. The van der Waals surface area contributed by atoms with Gasteiger partial charge in [-0.3, -0.25) is 4.79 Å². The van der Waals surface area contributed by atoms with Crippen LogP contribution in [0.4, 0.5) is 5.69 Å². The average Bonchev–Trinajstić information content (AvgIpc) is 3.48. The number of aryl methyl sites for hydroxylation is 2. The van der Waals surface area contributed by atoms with E-state index in [2.05, 4.69) is 40.6 Å². The van der Waals surface area contributed by atoms with Gasteiger partial charge in [-0.05, 0) is 72.9 Å². The number of nitrogens with one attached hydrogen (secondary N) is 1. The lowest BCUT2D eigenvalue weighted by Gasteiger charge is -2.32. The molecule has 2 heterocycles. The Morgan fingerprint density at radius 2 is 1.69 bits per heavy atom. The Bertz CT molecular complexity index is 1430. The number of hydrogen-bond acceptors (Lipinski definition) is 5. The molecule has 1 fully saturated rings. The van der Waals surface area contributed by atoms with Crippen molar-refractivity contribution >= 4 is 11.6 Å². The van der Waals surface area contributed by atoms with E-state index in [-0.39, 0.29) is 11.3 Å². The van der Waals surface area contributed by atoms with Crippen molar-refractivity contribution in [3.8, 4) is 28.3 Å². The normalized spacial score (nSPS) is 15.9. The molecule has 182 valence electrons. The molecule has 1 amide bonds. The predicted molar refractivity (Wildman–Crippen MR) is 139 cm³/mol. The molecule has 0 radical (unpaired) electrons. The van der Waals surface area contributed by atoms with Crippen LogP contribution in [0.3, 0.4) is 0 Å². The number of fused-ring (bicyclic) bond motifs is 2. The molecular formula is C30H29N3O3. The quantitative estimate of drug-likeness (QED) is 0.346. The Hall–Kier alpha value is -3.93. The van der Waals surface area contributed by atoms with Gasteiger partial charge in [-0.25, -0.2) is 0 Å². The van der Waals surface area contributed by atoms with Crippen molar-refractivity contribution in [2.24, 2.45) is 0 Å². The summed E-state index contributed by atoms with van der Waals surface area (Å²) in [7, 11) is 0. The minimum Gasteiger partial charge on any atom is -0.492 e. The first kappa shape index (κ1) is 22.5. The Morgan fingerprint density at radius 3 is 2.42 bits per heavy atom. The number of rotatable bonds is 4. The van der Waals surface area contributed by atoms with E-state index in [0.717, 1.165) is 53.1 Å². The van der Waals surface area contributed by atoms with Crippen molar-refractivity contribution < 1.29 is 14.1 Å². The largest absolute Gasteiger partial charge is 0.492 e. The predicted octanol–water partition coefficient (Wildman–Crippen LogP) is 6.87. The number of ether oxygens (including phenoxy) is 1. The Balaban J connectivity index is 1.19. The summed E-state index contributed by atoms with van der Waals surface area (Å²) in [5.41, 5.74) is 6.98. The van der Waals surface area contributed by atoms with Gasteiger partial charge in [0.2, 0.25) is 11.7 Å². The van der Waals surface area contributed by atoms with E-state index in [4.69, 9.17) is 9.26 Å². The molecule has 0 unspecified atom stereocenters. The molecule has 0 saturated heterocycles. The van der Waals surface area contributed by atoms with Crippen LogP contribution in [0.1, 0.15) is 59.5 Å². The Morgan fingerprint density at radius 1 is 0.917 bits per heavy atom. The van der Waals surface area contributed by atoms with E-state index in [1.807, 2.05) is 42.5 Å². The second kappa shape index (κ2) is 8.94. The van der Waals surface area contributed by atoms with Gasteiger partial charge in [-0.1, -0.05) is 48.7 Å². The van der Waals surface area contributed by atoms with Crippen molar-refractivity contribution in [3.63, 3.8) is 0 Å². The second-order valence-electron chi connectivity index (χ2n) is 10.0. The van der Waals surface area contributed by atoms with Crippen LogP contribution in [0.15, 0.2) is 65.2 Å². The summed E-state index contributed by atoms with van der Waals surface area (Å²) in [6.07, 6.45) is 6.10. The molecule has 4 aromatic rings. The van der Waals surface area contributed by atoms with Gasteiger partial charge in [0, 0.05) is 34.7 Å². The number of aromatic nitrogens is 2. The molecule has 6 heteroatoms. The molecule has 1 N–H and O–H groups in total. The van der Waals surface area contributed by atoms with Crippen molar-refractivity contribution in [1.82, 2.24) is 10.1 Å². The fourth-order valence-corrected chi connectivity index (χ4v) is 5.63. The minimum atomic E-state index is -0.113. The maximum atomic E-state index is 13.0. The van der Waals surface area contributed by atoms with Gasteiger partial charge in [0.05, 0.1) is 6.61 Å². The molecule has 6 rings (SSSR count). The second-order valence-corrected chi connectivity index (χ2v) is 10.0. The molecule has 3 aromatic carbocycles. The molecule has 1 saturated carbocycles. The van der Waals surface area contributed by atoms with E-state index < -0.39 is 0 Å². The van der Waals surface area contributed by atoms with Crippen LogP contribution in [0.25, 0.3) is 22.5 Å². The lowest BCUT2D eigenvalue weighted by molar-refractivity contribution is 0.102. The van der Waals surface area contributed by atoms with E-state index in [1.165, 1.54) is 24.8 Å². The van der Waals surface area contributed by atoms with Crippen LogP contribution >= 0.6 is 0 Å². The number of nitrogens with zero attached hydrogens (tertiary/aromatic N) is 2. The van der Waals surface area contributed by atoms with Gasteiger partial charge in [0.1, 0.15) is 5.75 Å². The van der Waals surface area contributed by atoms with E-state index in [9.17, 15) is 4.79 Å². The summed E-state index contributed by atoms with van der Waals surface area (Å²) in [5.74, 6) is 1.98. The number of hydrogen-bond donors (Lipinski definition) is 1. The van der Waals surface area contributed by atoms with Gasteiger partial charge in [0.15, 0.2) is 0 Å². The highest BCUT2D eigenvalue weighted by Gasteiger charge is 2.41. The lowest BCUT2D eigenvalue weighted by atomic mass is 9.71. The van der Waals surface area contributed by atoms with E-state index >= 15 is 0 Å². The zero-order chi connectivity index (χ0) is 24.7. The Kier molecular flexibility index (Phi) is 5.59. The summed E-state index contributed by atoms with van der Waals surface area (Å²) in [5, 5.41) is 7.09. The Labute approximate surface area is 210 Å². The van der Waals surface area contributed by atoms with Crippen LogP contribution < -0.4 is 10.1 Å². The average molecular weight is 480 g/mol. The molecule has 1 aromatic heterocycles. The van der Waals surface area contributed by atoms with Crippen LogP contribution in [0.5, 0.6) is 5.75 Å². The van der Waals surface area contributed by atoms with E-state index in [1.54, 1.807) is 6.92 Å². The standard InChI is InChI=1S/C30H29N3O3/c1-19-16-23(28-31-20(2)36-33-28)10-12-25(19)21-6-8-22(9-7-21)29(34)32-24-11-13-27-26(17-24)30(18-35-27)14-4-3-5-15-30/h6-13,16-17H,3-5,14-15,18H2,1-2H3,(H,32,34). The number of anilines is 1. The molecule has 0 atom stereocenters. The van der Waals surface area contributed by atoms with Crippen molar-refractivity contribution in [2.75, 3.05) is 11.9 Å². The number of amides is 1. The van der Waals surface area contributed by atoms with Gasteiger partial charge in [-0.2, -0.15) is 4.98 Å². The van der Waals surface area contributed by atoms with Gasteiger partial charge >= 0.3 is 0 Å². The molecule has 36 heavy (non-hydrogen) atoms.